The van der Waals surface area contributed by atoms with Gasteiger partial charge < -0.3 is 20.1 Å². The first-order valence-electron chi connectivity index (χ1n) is 29.3. The molecule has 3 N–H and O–H groups in total. The maximum atomic E-state index is 12.7. The molecule has 10 heteroatoms. The molecule has 9 nitrogen and oxygen atoms in total. The van der Waals surface area contributed by atoms with Gasteiger partial charge in [0.1, 0.15) is 6.61 Å². The van der Waals surface area contributed by atoms with Crippen LogP contribution in [0.1, 0.15) is 277 Å². The molecule has 2 unspecified atom stereocenters. The first-order chi connectivity index (χ1) is 34.3. The number of allylic oxidation sites excluding steroid dienone is 10. The average molecular weight is 1000 g/mol. The standard InChI is InChI=1S/C60H110NO8P/c1-3-5-7-9-11-13-15-17-19-21-22-23-24-25-26-27-28-29-30-31-32-33-34-35-36-37-39-41-43-45-47-49-51-53-60(63)69-58(57-68-70(64,65)67-55-54-61)56-66-59(62)52-50-48-46-44-42-40-38-20-18-16-14-12-10-8-6-4-2/h14-17,20-22,24-25,38,58H,3-13,18-19,23,26-37,39-57,61H2,1-2H3,(H,64,65)/b16-14-,17-15-,22-21-,25-24-,38-20-. The number of phosphoric ester groups is 1. The largest absolute Gasteiger partial charge is 0.472 e. The summed E-state index contributed by atoms with van der Waals surface area (Å²) in [5, 5.41) is 0. The zero-order chi connectivity index (χ0) is 51.0. The number of ether oxygens (including phenoxy) is 2. The van der Waals surface area contributed by atoms with Gasteiger partial charge in [0, 0.05) is 19.4 Å². The van der Waals surface area contributed by atoms with Crippen molar-refractivity contribution < 1.29 is 37.6 Å². The van der Waals surface area contributed by atoms with Gasteiger partial charge in [-0.25, -0.2) is 4.57 Å². The molecule has 0 bridgehead atoms. The molecule has 0 aromatic carbocycles. The molecule has 0 amide bonds. The van der Waals surface area contributed by atoms with Crippen LogP contribution in [0.4, 0.5) is 0 Å². The van der Waals surface area contributed by atoms with Crippen LogP contribution in [0.2, 0.25) is 0 Å². The topological polar surface area (TPSA) is 134 Å². The summed E-state index contributed by atoms with van der Waals surface area (Å²) in [4.78, 5) is 35.1. The molecule has 0 rings (SSSR count). The van der Waals surface area contributed by atoms with Gasteiger partial charge in [0.25, 0.3) is 0 Å². The Balaban J connectivity index is 3.90. The Kier molecular flexibility index (Phi) is 54.2. The molecule has 0 aromatic rings. The van der Waals surface area contributed by atoms with Crippen molar-refractivity contribution in [3.63, 3.8) is 0 Å². The Hall–Kier alpha value is -2.29. The monoisotopic (exact) mass is 1000 g/mol. The molecule has 70 heavy (non-hydrogen) atoms. The maximum Gasteiger partial charge on any atom is 0.472 e. The summed E-state index contributed by atoms with van der Waals surface area (Å²) in [7, 11) is -4.39. The summed E-state index contributed by atoms with van der Waals surface area (Å²) >= 11 is 0. The molecule has 0 saturated carbocycles. The van der Waals surface area contributed by atoms with Gasteiger partial charge in [-0.1, -0.05) is 242 Å². The molecule has 0 aromatic heterocycles. The van der Waals surface area contributed by atoms with Gasteiger partial charge in [-0.15, -0.1) is 0 Å². The number of hydrogen-bond acceptors (Lipinski definition) is 8. The minimum Gasteiger partial charge on any atom is -0.462 e. The van der Waals surface area contributed by atoms with E-state index in [9.17, 15) is 19.0 Å². The molecule has 0 aliphatic heterocycles. The van der Waals surface area contributed by atoms with Crippen molar-refractivity contribution in [1.29, 1.82) is 0 Å². The molecule has 0 heterocycles. The zero-order valence-corrected chi connectivity index (χ0v) is 46.4. The highest BCUT2D eigenvalue weighted by atomic mass is 31.2. The second-order valence-corrected chi connectivity index (χ2v) is 21.0. The van der Waals surface area contributed by atoms with Crippen LogP contribution in [0.5, 0.6) is 0 Å². The first-order valence-corrected chi connectivity index (χ1v) is 30.8. The van der Waals surface area contributed by atoms with Gasteiger partial charge in [0.05, 0.1) is 13.2 Å². The van der Waals surface area contributed by atoms with Crippen LogP contribution in [0.25, 0.3) is 0 Å². The highest BCUT2D eigenvalue weighted by Crippen LogP contribution is 2.43. The van der Waals surface area contributed by atoms with E-state index in [0.29, 0.717) is 12.8 Å². The molecule has 408 valence electrons. The maximum absolute atomic E-state index is 12.7. The number of unbranched alkanes of at least 4 members (excludes halogenated alkanes) is 32. The Morgan fingerprint density at radius 2 is 0.743 bits per heavy atom. The highest BCUT2D eigenvalue weighted by Gasteiger charge is 2.26. The van der Waals surface area contributed by atoms with Crippen molar-refractivity contribution in [2.45, 2.75) is 283 Å². The lowest BCUT2D eigenvalue weighted by molar-refractivity contribution is -0.161. The minimum atomic E-state index is -4.39. The quantitative estimate of drug-likeness (QED) is 0.0264. The Morgan fingerprint density at radius 1 is 0.429 bits per heavy atom. The number of nitrogens with two attached hydrogens (primary N) is 1. The fourth-order valence-corrected chi connectivity index (χ4v) is 9.03. The van der Waals surface area contributed by atoms with E-state index in [-0.39, 0.29) is 32.6 Å². The van der Waals surface area contributed by atoms with Gasteiger partial charge in [0.2, 0.25) is 0 Å². The van der Waals surface area contributed by atoms with E-state index < -0.39 is 32.5 Å². The van der Waals surface area contributed by atoms with Crippen LogP contribution >= 0.6 is 7.82 Å². The van der Waals surface area contributed by atoms with Crippen LogP contribution in [0.3, 0.4) is 0 Å². The van der Waals surface area contributed by atoms with E-state index in [1.807, 2.05) is 0 Å². The van der Waals surface area contributed by atoms with Gasteiger partial charge in [0.15, 0.2) is 6.10 Å². The number of hydrogen-bond donors (Lipinski definition) is 2. The SMILES string of the molecule is CCCCCC/C=C\C/C=C\CCCCCCCC(=O)OCC(COP(=O)(O)OCCN)OC(=O)CCCCCCCCCCCCCCCCCCCC/C=C\C/C=C\C/C=C\CCCCCCC. The van der Waals surface area contributed by atoms with Gasteiger partial charge in [-0.3, -0.25) is 18.6 Å². The third-order valence-electron chi connectivity index (χ3n) is 12.6. The third kappa shape index (κ3) is 55.0. The van der Waals surface area contributed by atoms with E-state index in [4.69, 9.17) is 24.3 Å². The van der Waals surface area contributed by atoms with Gasteiger partial charge in [-0.05, 0) is 83.5 Å². The summed E-state index contributed by atoms with van der Waals surface area (Å²) in [6, 6.07) is 0. The van der Waals surface area contributed by atoms with E-state index in [2.05, 4.69) is 74.6 Å². The second-order valence-electron chi connectivity index (χ2n) is 19.5. The van der Waals surface area contributed by atoms with Crippen LogP contribution in [-0.2, 0) is 32.7 Å². The average Bonchev–Trinajstić information content (AvgIpc) is 3.35. The third-order valence-corrected chi connectivity index (χ3v) is 13.6. The van der Waals surface area contributed by atoms with Crippen molar-refractivity contribution in [2.75, 3.05) is 26.4 Å². The normalized spacial score (nSPS) is 13.5. The van der Waals surface area contributed by atoms with Crippen LogP contribution in [0.15, 0.2) is 60.8 Å². The van der Waals surface area contributed by atoms with Crippen molar-refractivity contribution in [1.82, 2.24) is 0 Å². The highest BCUT2D eigenvalue weighted by molar-refractivity contribution is 7.47. The number of esters is 2. The zero-order valence-electron chi connectivity index (χ0n) is 45.5. The first kappa shape index (κ1) is 67.7. The lowest BCUT2D eigenvalue weighted by atomic mass is 10.0. The summed E-state index contributed by atoms with van der Waals surface area (Å²) in [6.45, 7) is 3.72. The molecule has 0 spiro atoms. The van der Waals surface area contributed by atoms with Crippen molar-refractivity contribution in [3.8, 4) is 0 Å². The molecular weight excluding hydrogens is 894 g/mol. The number of carbonyl (C=O) groups is 2. The van der Waals surface area contributed by atoms with E-state index in [1.165, 1.54) is 167 Å². The van der Waals surface area contributed by atoms with Gasteiger partial charge >= 0.3 is 19.8 Å². The Labute approximate surface area is 431 Å². The smallest absolute Gasteiger partial charge is 0.462 e. The van der Waals surface area contributed by atoms with Crippen LogP contribution in [0, 0.1) is 0 Å². The fourth-order valence-electron chi connectivity index (χ4n) is 8.26. The molecule has 0 aliphatic carbocycles. The summed E-state index contributed by atoms with van der Waals surface area (Å²) in [5.74, 6) is -0.836. The predicted octanol–water partition coefficient (Wildman–Crippen LogP) is 18.3. The van der Waals surface area contributed by atoms with E-state index in [0.717, 1.165) is 70.6 Å². The molecular formula is C60H110NO8P. The molecule has 0 radical (unpaired) electrons. The number of rotatable bonds is 55. The van der Waals surface area contributed by atoms with Crippen molar-refractivity contribution in [3.05, 3.63) is 60.8 Å². The predicted molar refractivity (Wildman–Crippen MR) is 298 cm³/mol. The van der Waals surface area contributed by atoms with Crippen molar-refractivity contribution in [2.24, 2.45) is 5.73 Å². The van der Waals surface area contributed by atoms with Gasteiger partial charge in [-0.2, -0.15) is 0 Å². The fraction of sp³-hybridized carbons (Fsp3) is 0.800. The van der Waals surface area contributed by atoms with Crippen molar-refractivity contribution >= 4 is 19.8 Å². The molecule has 2 atom stereocenters. The van der Waals surface area contributed by atoms with Crippen LogP contribution in [-0.4, -0.2) is 49.3 Å². The molecule has 0 saturated heterocycles. The second kappa shape index (κ2) is 56.0. The minimum absolute atomic E-state index is 0.0508. The van der Waals surface area contributed by atoms with E-state index in [1.54, 1.807) is 0 Å². The number of phosphoric acid groups is 1. The molecule has 0 fully saturated rings. The molecule has 0 aliphatic rings. The number of carbonyl (C=O) groups excluding carboxylic acids is 2. The summed E-state index contributed by atoms with van der Waals surface area (Å²) < 4.78 is 33.0. The summed E-state index contributed by atoms with van der Waals surface area (Å²) in [5.41, 5.74) is 5.38. The lowest BCUT2D eigenvalue weighted by Crippen LogP contribution is -2.29. The summed E-state index contributed by atoms with van der Waals surface area (Å²) in [6.07, 6.45) is 70.0. The lowest BCUT2D eigenvalue weighted by Gasteiger charge is -2.19. The van der Waals surface area contributed by atoms with Crippen LogP contribution < -0.4 is 5.73 Å². The Morgan fingerprint density at radius 3 is 1.11 bits per heavy atom. The van der Waals surface area contributed by atoms with E-state index >= 15 is 0 Å². The Bertz CT molecular complexity index is 1330.